The molecule has 1 aliphatic rings. The molecule has 6 heteroatoms. The van der Waals surface area contributed by atoms with Crippen LogP contribution in [0.1, 0.15) is 38.4 Å². The number of hydrogen-bond donors (Lipinski definition) is 2. The summed E-state index contributed by atoms with van der Waals surface area (Å²) >= 11 is 0. The SMILES string of the molecule is CC(C)n1ccc(CN2CCC(C(N)=NO)CC2)n1. The maximum Gasteiger partial charge on any atom is 0.142 e. The molecule has 1 saturated heterocycles. The Morgan fingerprint density at radius 3 is 2.74 bits per heavy atom. The Bertz CT molecular complexity index is 432. The lowest BCUT2D eigenvalue weighted by Crippen LogP contribution is -2.38. The molecule has 0 radical (unpaired) electrons. The quantitative estimate of drug-likeness (QED) is 0.373. The zero-order valence-corrected chi connectivity index (χ0v) is 11.7. The van der Waals surface area contributed by atoms with E-state index in [9.17, 15) is 0 Å². The van der Waals surface area contributed by atoms with Crippen molar-refractivity contribution in [2.75, 3.05) is 13.1 Å². The van der Waals surface area contributed by atoms with E-state index < -0.39 is 0 Å². The minimum Gasteiger partial charge on any atom is -0.409 e. The average Bonchev–Trinajstić information content (AvgIpc) is 2.87. The highest BCUT2D eigenvalue weighted by Gasteiger charge is 2.22. The maximum absolute atomic E-state index is 8.68. The van der Waals surface area contributed by atoms with Crippen LogP contribution in [0.25, 0.3) is 0 Å². The van der Waals surface area contributed by atoms with E-state index in [-0.39, 0.29) is 5.92 Å². The van der Waals surface area contributed by atoms with Gasteiger partial charge in [-0.15, -0.1) is 0 Å². The Morgan fingerprint density at radius 2 is 2.21 bits per heavy atom. The van der Waals surface area contributed by atoms with Gasteiger partial charge in [0.1, 0.15) is 5.84 Å². The van der Waals surface area contributed by atoms with Gasteiger partial charge in [0, 0.05) is 24.7 Å². The van der Waals surface area contributed by atoms with Gasteiger partial charge in [0.25, 0.3) is 0 Å². The predicted molar refractivity (Wildman–Crippen MR) is 74.0 cm³/mol. The summed E-state index contributed by atoms with van der Waals surface area (Å²) in [7, 11) is 0. The number of hydrogen-bond acceptors (Lipinski definition) is 4. The van der Waals surface area contributed by atoms with Gasteiger partial charge in [0.15, 0.2) is 0 Å². The Balaban J connectivity index is 1.85. The third-order valence-electron chi connectivity index (χ3n) is 3.70. The van der Waals surface area contributed by atoms with Crippen LogP contribution in [0.15, 0.2) is 17.4 Å². The number of oxime groups is 1. The molecule has 1 aromatic rings. The third-order valence-corrected chi connectivity index (χ3v) is 3.70. The van der Waals surface area contributed by atoms with Crippen LogP contribution in [0.4, 0.5) is 0 Å². The van der Waals surface area contributed by atoms with E-state index in [0.29, 0.717) is 11.9 Å². The molecule has 6 nitrogen and oxygen atoms in total. The number of piperidine rings is 1. The molecular weight excluding hydrogens is 242 g/mol. The van der Waals surface area contributed by atoms with E-state index in [1.54, 1.807) is 0 Å². The molecule has 0 aliphatic carbocycles. The highest BCUT2D eigenvalue weighted by Crippen LogP contribution is 2.19. The topological polar surface area (TPSA) is 79.7 Å². The van der Waals surface area contributed by atoms with Crippen LogP contribution in [-0.4, -0.2) is 38.8 Å². The van der Waals surface area contributed by atoms with Crippen molar-refractivity contribution in [1.29, 1.82) is 0 Å². The Labute approximate surface area is 113 Å². The van der Waals surface area contributed by atoms with E-state index in [1.165, 1.54) is 0 Å². The summed E-state index contributed by atoms with van der Waals surface area (Å²) in [5.74, 6) is 0.582. The van der Waals surface area contributed by atoms with Crippen molar-refractivity contribution in [1.82, 2.24) is 14.7 Å². The lowest BCUT2D eigenvalue weighted by molar-refractivity contribution is 0.196. The largest absolute Gasteiger partial charge is 0.409 e. The van der Waals surface area contributed by atoms with Crippen LogP contribution in [0, 0.1) is 5.92 Å². The van der Waals surface area contributed by atoms with Gasteiger partial charge in [-0.2, -0.15) is 5.10 Å². The molecule has 1 aliphatic heterocycles. The van der Waals surface area contributed by atoms with Crippen LogP contribution in [-0.2, 0) is 6.54 Å². The highest BCUT2D eigenvalue weighted by molar-refractivity contribution is 5.82. The second-order valence-electron chi connectivity index (χ2n) is 5.46. The molecule has 0 atom stereocenters. The van der Waals surface area contributed by atoms with Crippen molar-refractivity contribution in [3.05, 3.63) is 18.0 Å². The van der Waals surface area contributed by atoms with Gasteiger partial charge < -0.3 is 10.9 Å². The highest BCUT2D eigenvalue weighted by atomic mass is 16.4. The number of amidine groups is 1. The average molecular weight is 265 g/mol. The van der Waals surface area contributed by atoms with E-state index >= 15 is 0 Å². The fraction of sp³-hybridized carbons (Fsp3) is 0.692. The normalized spacial score (nSPS) is 19.2. The fourth-order valence-corrected chi connectivity index (χ4v) is 2.45. The van der Waals surface area contributed by atoms with Crippen LogP contribution in [0.2, 0.25) is 0 Å². The zero-order chi connectivity index (χ0) is 13.8. The number of nitrogens with two attached hydrogens (primary N) is 1. The summed E-state index contributed by atoms with van der Waals surface area (Å²) in [4.78, 5) is 2.37. The van der Waals surface area contributed by atoms with Gasteiger partial charge in [-0.1, -0.05) is 5.16 Å². The van der Waals surface area contributed by atoms with Crippen molar-refractivity contribution in [2.45, 2.75) is 39.3 Å². The van der Waals surface area contributed by atoms with Gasteiger partial charge in [0.2, 0.25) is 0 Å². The second kappa shape index (κ2) is 6.06. The van der Waals surface area contributed by atoms with Crippen molar-refractivity contribution in [2.24, 2.45) is 16.8 Å². The molecule has 0 amide bonds. The summed E-state index contributed by atoms with van der Waals surface area (Å²) < 4.78 is 1.98. The second-order valence-corrected chi connectivity index (χ2v) is 5.46. The first-order valence-electron chi connectivity index (χ1n) is 6.84. The fourth-order valence-electron chi connectivity index (χ4n) is 2.45. The maximum atomic E-state index is 8.68. The Hall–Kier alpha value is -1.56. The van der Waals surface area contributed by atoms with Gasteiger partial charge in [-0.3, -0.25) is 9.58 Å². The third kappa shape index (κ3) is 3.47. The van der Waals surface area contributed by atoms with Crippen LogP contribution in [0.3, 0.4) is 0 Å². The van der Waals surface area contributed by atoms with Gasteiger partial charge in [-0.05, 0) is 45.8 Å². The van der Waals surface area contributed by atoms with Crippen molar-refractivity contribution in [3.63, 3.8) is 0 Å². The molecule has 1 fully saturated rings. The monoisotopic (exact) mass is 265 g/mol. The summed E-state index contributed by atoms with van der Waals surface area (Å²) in [5.41, 5.74) is 6.76. The standard InChI is InChI=1S/C13H23N5O/c1-10(2)18-8-5-12(15-18)9-17-6-3-11(4-7-17)13(14)16-19/h5,8,10-11,19H,3-4,6-7,9H2,1-2H3,(H2,14,16). The van der Waals surface area contributed by atoms with E-state index in [1.807, 2.05) is 10.9 Å². The molecule has 0 bridgehead atoms. The molecule has 0 spiro atoms. The van der Waals surface area contributed by atoms with Gasteiger partial charge in [-0.25, -0.2) is 0 Å². The summed E-state index contributed by atoms with van der Waals surface area (Å²) in [5, 5.41) is 16.3. The van der Waals surface area contributed by atoms with E-state index in [4.69, 9.17) is 10.9 Å². The molecular formula is C13H23N5O. The van der Waals surface area contributed by atoms with Gasteiger partial charge in [0.05, 0.1) is 5.69 Å². The smallest absolute Gasteiger partial charge is 0.142 e. The Kier molecular flexibility index (Phi) is 4.42. The summed E-state index contributed by atoms with van der Waals surface area (Å²) in [6, 6.07) is 2.48. The molecule has 2 heterocycles. The molecule has 0 saturated carbocycles. The van der Waals surface area contributed by atoms with Crippen LogP contribution >= 0.6 is 0 Å². The van der Waals surface area contributed by atoms with Crippen LogP contribution in [0.5, 0.6) is 0 Å². The summed E-state index contributed by atoms with van der Waals surface area (Å²) in [6.45, 7) is 7.06. The van der Waals surface area contributed by atoms with Crippen molar-refractivity contribution < 1.29 is 5.21 Å². The molecule has 19 heavy (non-hydrogen) atoms. The van der Waals surface area contributed by atoms with Crippen LogP contribution < -0.4 is 5.73 Å². The zero-order valence-electron chi connectivity index (χ0n) is 11.7. The Morgan fingerprint density at radius 1 is 1.53 bits per heavy atom. The summed E-state index contributed by atoms with van der Waals surface area (Å²) in [6.07, 6.45) is 3.92. The molecule has 0 unspecified atom stereocenters. The first-order valence-corrected chi connectivity index (χ1v) is 6.84. The minimum absolute atomic E-state index is 0.217. The molecule has 0 aromatic carbocycles. The molecule has 1 aromatic heterocycles. The first-order chi connectivity index (χ1) is 9.10. The lowest BCUT2D eigenvalue weighted by Gasteiger charge is -2.30. The number of aromatic nitrogens is 2. The number of likely N-dealkylation sites (tertiary alicyclic amines) is 1. The number of nitrogens with zero attached hydrogens (tertiary/aromatic N) is 4. The number of rotatable bonds is 4. The minimum atomic E-state index is 0.217. The lowest BCUT2D eigenvalue weighted by atomic mass is 9.96. The van der Waals surface area contributed by atoms with E-state index in [0.717, 1.165) is 38.2 Å². The molecule has 2 rings (SSSR count). The van der Waals surface area contributed by atoms with Gasteiger partial charge >= 0.3 is 0 Å². The van der Waals surface area contributed by atoms with Crippen molar-refractivity contribution in [3.8, 4) is 0 Å². The van der Waals surface area contributed by atoms with E-state index in [2.05, 4.69) is 35.1 Å². The predicted octanol–water partition coefficient (Wildman–Crippen LogP) is 1.42. The molecule has 106 valence electrons. The molecule has 3 N–H and O–H groups in total. The first kappa shape index (κ1) is 13.9. The van der Waals surface area contributed by atoms with Crippen molar-refractivity contribution >= 4 is 5.84 Å².